The largest absolute Gasteiger partial charge is 0.301 e. The standard InChI is InChI=1S/C12H24N2S/c1-3-11-8-14(7-6-13(11)2)9-12(10-15)4-5-12/h11,15H,3-10H2,1-2H3. The molecule has 2 rings (SSSR count). The van der Waals surface area contributed by atoms with E-state index in [1.165, 1.54) is 45.4 Å². The monoisotopic (exact) mass is 228 g/mol. The van der Waals surface area contributed by atoms with Crippen LogP contribution < -0.4 is 0 Å². The van der Waals surface area contributed by atoms with Crippen LogP contribution >= 0.6 is 12.6 Å². The number of hydrogen-bond donors (Lipinski definition) is 1. The van der Waals surface area contributed by atoms with Crippen molar-refractivity contribution in [2.75, 3.05) is 39.0 Å². The van der Waals surface area contributed by atoms with Crippen LogP contribution in [0.4, 0.5) is 0 Å². The topological polar surface area (TPSA) is 6.48 Å². The van der Waals surface area contributed by atoms with Gasteiger partial charge >= 0.3 is 0 Å². The third-order valence-corrected chi connectivity index (χ3v) is 4.85. The first-order chi connectivity index (χ1) is 7.19. The van der Waals surface area contributed by atoms with Gasteiger partial charge in [-0.3, -0.25) is 4.90 Å². The Morgan fingerprint density at radius 3 is 2.60 bits per heavy atom. The fraction of sp³-hybridized carbons (Fsp3) is 1.00. The zero-order chi connectivity index (χ0) is 10.9. The lowest BCUT2D eigenvalue weighted by Gasteiger charge is -2.40. The number of thiol groups is 1. The molecule has 0 bridgehead atoms. The van der Waals surface area contributed by atoms with Crippen molar-refractivity contribution in [1.82, 2.24) is 9.80 Å². The lowest BCUT2D eigenvalue weighted by atomic mass is 10.1. The summed E-state index contributed by atoms with van der Waals surface area (Å²) in [6.07, 6.45) is 4.08. The summed E-state index contributed by atoms with van der Waals surface area (Å²) in [6, 6.07) is 0.773. The van der Waals surface area contributed by atoms with Gasteiger partial charge in [0.15, 0.2) is 0 Å². The Kier molecular flexibility index (Phi) is 3.63. The highest BCUT2D eigenvalue weighted by atomic mass is 32.1. The van der Waals surface area contributed by atoms with E-state index in [4.69, 9.17) is 0 Å². The maximum Gasteiger partial charge on any atom is 0.0218 e. The summed E-state index contributed by atoms with van der Waals surface area (Å²) in [6.45, 7) is 7.35. The smallest absolute Gasteiger partial charge is 0.0218 e. The molecular weight excluding hydrogens is 204 g/mol. The minimum absolute atomic E-state index is 0.595. The molecule has 0 aromatic carbocycles. The molecule has 1 aliphatic carbocycles. The maximum atomic E-state index is 4.49. The summed E-state index contributed by atoms with van der Waals surface area (Å²) in [5, 5.41) is 0. The van der Waals surface area contributed by atoms with Crippen molar-refractivity contribution in [2.45, 2.75) is 32.2 Å². The van der Waals surface area contributed by atoms with Gasteiger partial charge in [-0.05, 0) is 37.5 Å². The van der Waals surface area contributed by atoms with Crippen molar-refractivity contribution >= 4 is 12.6 Å². The Morgan fingerprint density at radius 1 is 1.33 bits per heavy atom. The highest BCUT2D eigenvalue weighted by molar-refractivity contribution is 7.80. The molecule has 88 valence electrons. The Bertz CT molecular complexity index is 216. The molecule has 2 nitrogen and oxygen atoms in total. The number of hydrogen-bond acceptors (Lipinski definition) is 3. The minimum Gasteiger partial charge on any atom is -0.301 e. The van der Waals surface area contributed by atoms with Gasteiger partial charge in [-0.15, -0.1) is 0 Å². The highest BCUT2D eigenvalue weighted by Crippen LogP contribution is 2.47. The zero-order valence-electron chi connectivity index (χ0n) is 10.1. The van der Waals surface area contributed by atoms with Crippen LogP contribution in [0.2, 0.25) is 0 Å². The van der Waals surface area contributed by atoms with Gasteiger partial charge in [0.05, 0.1) is 0 Å². The third-order valence-electron chi connectivity index (χ3n) is 4.18. The first-order valence-corrected chi connectivity index (χ1v) is 6.86. The van der Waals surface area contributed by atoms with Crippen molar-refractivity contribution < 1.29 is 0 Å². The maximum absolute atomic E-state index is 4.49. The summed E-state index contributed by atoms with van der Waals surface area (Å²) in [5.74, 6) is 1.08. The first kappa shape index (κ1) is 11.7. The molecule has 0 amide bonds. The zero-order valence-corrected chi connectivity index (χ0v) is 11.0. The van der Waals surface area contributed by atoms with E-state index >= 15 is 0 Å². The number of nitrogens with zero attached hydrogens (tertiary/aromatic N) is 2. The van der Waals surface area contributed by atoms with Crippen molar-refractivity contribution in [3.8, 4) is 0 Å². The van der Waals surface area contributed by atoms with Gasteiger partial charge in [0.25, 0.3) is 0 Å². The second-order valence-electron chi connectivity index (χ2n) is 5.44. The molecule has 0 aromatic heterocycles. The molecule has 1 unspecified atom stereocenters. The van der Waals surface area contributed by atoms with Gasteiger partial charge in [0.2, 0.25) is 0 Å². The predicted molar refractivity (Wildman–Crippen MR) is 68.7 cm³/mol. The van der Waals surface area contributed by atoms with E-state index in [0.717, 1.165) is 11.8 Å². The SMILES string of the molecule is CCC1CN(CC2(CS)CC2)CCN1C. The minimum atomic E-state index is 0.595. The van der Waals surface area contributed by atoms with E-state index in [0.29, 0.717) is 5.41 Å². The number of rotatable bonds is 4. The van der Waals surface area contributed by atoms with Gasteiger partial charge in [0.1, 0.15) is 0 Å². The van der Waals surface area contributed by atoms with Crippen LogP contribution in [0.15, 0.2) is 0 Å². The van der Waals surface area contributed by atoms with Crippen LogP contribution in [0.1, 0.15) is 26.2 Å². The second-order valence-corrected chi connectivity index (χ2v) is 5.75. The highest BCUT2D eigenvalue weighted by Gasteiger charge is 2.43. The molecule has 15 heavy (non-hydrogen) atoms. The fourth-order valence-corrected chi connectivity index (χ4v) is 3.03. The number of likely N-dealkylation sites (N-methyl/N-ethyl adjacent to an activating group) is 1. The van der Waals surface area contributed by atoms with Crippen LogP contribution in [0.25, 0.3) is 0 Å². The summed E-state index contributed by atoms with van der Waals surface area (Å²) >= 11 is 4.49. The van der Waals surface area contributed by atoms with Crippen molar-refractivity contribution in [3.63, 3.8) is 0 Å². The molecule has 0 N–H and O–H groups in total. The average molecular weight is 228 g/mol. The van der Waals surface area contributed by atoms with Crippen LogP contribution in [0, 0.1) is 5.41 Å². The molecule has 2 aliphatic rings. The Labute approximate surface area is 99.4 Å². The van der Waals surface area contributed by atoms with Crippen molar-refractivity contribution in [2.24, 2.45) is 5.41 Å². The third kappa shape index (κ3) is 2.69. The molecule has 0 aromatic rings. The molecule has 1 atom stereocenters. The molecular formula is C12H24N2S. The van der Waals surface area contributed by atoms with E-state index in [1.54, 1.807) is 0 Å². The molecule has 1 aliphatic heterocycles. The van der Waals surface area contributed by atoms with Gasteiger partial charge in [-0.2, -0.15) is 12.6 Å². The van der Waals surface area contributed by atoms with Crippen LogP contribution in [0.3, 0.4) is 0 Å². The Balaban J connectivity index is 1.84. The normalized spacial score (nSPS) is 31.8. The lowest BCUT2D eigenvalue weighted by Crippen LogP contribution is -2.52. The van der Waals surface area contributed by atoms with Crippen LogP contribution in [0.5, 0.6) is 0 Å². The van der Waals surface area contributed by atoms with E-state index in [-0.39, 0.29) is 0 Å². The molecule has 1 saturated heterocycles. The van der Waals surface area contributed by atoms with Gasteiger partial charge in [-0.25, -0.2) is 0 Å². The van der Waals surface area contributed by atoms with E-state index in [9.17, 15) is 0 Å². The van der Waals surface area contributed by atoms with Crippen molar-refractivity contribution in [3.05, 3.63) is 0 Å². The predicted octanol–water partition coefficient (Wildman–Crippen LogP) is 1.72. The molecule has 0 spiro atoms. The lowest BCUT2D eigenvalue weighted by molar-refractivity contribution is 0.0810. The first-order valence-electron chi connectivity index (χ1n) is 6.22. The van der Waals surface area contributed by atoms with E-state index in [2.05, 4.69) is 36.4 Å². The van der Waals surface area contributed by atoms with E-state index in [1.807, 2.05) is 0 Å². The summed E-state index contributed by atoms with van der Waals surface area (Å²) in [4.78, 5) is 5.17. The van der Waals surface area contributed by atoms with Crippen LogP contribution in [-0.2, 0) is 0 Å². The Hall–Kier alpha value is 0.270. The Morgan fingerprint density at radius 2 is 2.07 bits per heavy atom. The van der Waals surface area contributed by atoms with E-state index < -0.39 is 0 Å². The molecule has 0 radical (unpaired) electrons. The fourth-order valence-electron chi connectivity index (χ4n) is 2.61. The van der Waals surface area contributed by atoms with Gasteiger partial charge < -0.3 is 4.90 Å². The summed E-state index contributed by atoms with van der Waals surface area (Å²) < 4.78 is 0. The molecule has 3 heteroatoms. The van der Waals surface area contributed by atoms with Gasteiger partial charge in [-0.1, -0.05) is 6.92 Å². The average Bonchev–Trinajstić information content (AvgIpc) is 3.02. The van der Waals surface area contributed by atoms with Crippen molar-refractivity contribution in [1.29, 1.82) is 0 Å². The quantitative estimate of drug-likeness (QED) is 0.732. The second kappa shape index (κ2) is 4.64. The summed E-state index contributed by atoms with van der Waals surface area (Å²) in [5.41, 5.74) is 0.595. The molecule has 1 heterocycles. The molecule has 1 saturated carbocycles. The van der Waals surface area contributed by atoms with Gasteiger partial charge in [0, 0.05) is 32.2 Å². The molecule has 2 fully saturated rings. The van der Waals surface area contributed by atoms with Crippen LogP contribution in [-0.4, -0.2) is 54.8 Å². The summed E-state index contributed by atoms with van der Waals surface area (Å²) in [7, 11) is 2.26. The number of piperazine rings is 1.